The van der Waals surface area contributed by atoms with Crippen LogP contribution < -0.4 is 0 Å². The second kappa shape index (κ2) is 3.42. The van der Waals surface area contributed by atoms with Crippen LogP contribution >= 0.6 is 0 Å². The van der Waals surface area contributed by atoms with Gasteiger partial charge in [-0.1, -0.05) is 46.8 Å². The molecule has 1 radical (unpaired) electrons. The molecule has 0 unspecified atom stereocenters. The van der Waals surface area contributed by atoms with Crippen molar-refractivity contribution in [2.24, 2.45) is 10.8 Å². The second-order valence-corrected chi connectivity index (χ2v) is 5.14. The molecule has 0 heterocycles. The van der Waals surface area contributed by atoms with Crippen LogP contribution in [0.5, 0.6) is 0 Å². The van der Waals surface area contributed by atoms with E-state index in [1.165, 1.54) is 0 Å². The summed E-state index contributed by atoms with van der Waals surface area (Å²) in [5, 5.41) is 0. The van der Waals surface area contributed by atoms with E-state index in [0.717, 1.165) is 6.42 Å². The van der Waals surface area contributed by atoms with E-state index in [9.17, 15) is 0 Å². The Labute approximate surface area is 71.7 Å². The molecule has 0 spiro atoms. The molecule has 0 N–H and O–H groups in total. The molecule has 0 aliphatic rings. The third-order valence-electron chi connectivity index (χ3n) is 1.29. The maximum Gasteiger partial charge on any atom is -0.0203 e. The smallest absolute Gasteiger partial charge is 0.0203 e. The van der Waals surface area contributed by atoms with Crippen molar-refractivity contribution in [3.63, 3.8) is 0 Å². The fraction of sp³-hybridized carbons (Fsp3) is 0.727. The highest BCUT2D eigenvalue weighted by molar-refractivity contribution is 4.95. The molecule has 0 saturated carbocycles. The van der Waals surface area contributed by atoms with Crippen LogP contribution in [-0.4, -0.2) is 0 Å². The zero-order valence-electron chi connectivity index (χ0n) is 8.57. The summed E-state index contributed by atoms with van der Waals surface area (Å²) >= 11 is 0. The molecule has 0 atom stereocenters. The van der Waals surface area contributed by atoms with Crippen molar-refractivity contribution in [1.82, 2.24) is 0 Å². The molecule has 0 aromatic rings. The molecule has 0 amide bonds. The Morgan fingerprint density at radius 2 is 1.55 bits per heavy atom. The largest absolute Gasteiger partial charge is 0.0875 e. The van der Waals surface area contributed by atoms with E-state index < -0.39 is 0 Å². The maximum atomic E-state index is 4.04. The number of hydrogen-bond acceptors (Lipinski definition) is 0. The van der Waals surface area contributed by atoms with Crippen molar-refractivity contribution in [2.45, 2.75) is 41.0 Å². The fourth-order valence-electron chi connectivity index (χ4n) is 0.732. The van der Waals surface area contributed by atoms with Gasteiger partial charge < -0.3 is 0 Å². The molecule has 0 saturated heterocycles. The van der Waals surface area contributed by atoms with Crippen LogP contribution in [0.3, 0.4) is 0 Å². The van der Waals surface area contributed by atoms with Gasteiger partial charge in [-0.25, -0.2) is 0 Å². The van der Waals surface area contributed by atoms with Crippen molar-refractivity contribution in [3.05, 3.63) is 19.1 Å². The number of hydrogen-bond donors (Lipinski definition) is 0. The van der Waals surface area contributed by atoms with Gasteiger partial charge >= 0.3 is 0 Å². The van der Waals surface area contributed by atoms with E-state index in [4.69, 9.17) is 0 Å². The molecule has 0 nitrogen and oxygen atoms in total. The van der Waals surface area contributed by atoms with Crippen LogP contribution in [0, 0.1) is 17.8 Å². The van der Waals surface area contributed by atoms with Gasteiger partial charge in [-0.15, -0.1) is 0 Å². The summed E-state index contributed by atoms with van der Waals surface area (Å²) in [6, 6.07) is 0. The van der Waals surface area contributed by atoms with Gasteiger partial charge in [0, 0.05) is 0 Å². The van der Waals surface area contributed by atoms with Crippen molar-refractivity contribution < 1.29 is 0 Å². The zero-order valence-corrected chi connectivity index (χ0v) is 8.57. The summed E-state index contributed by atoms with van der Waals surface area (Å²) in [6.45, 7) is 15.0. The van der Waals surface area contributed by atoms with Crippen molar-refractivity contribution >= 4 is 0 Å². The molecule has 0 aromatic carbocycles. The molecule has 0 aromatic heterocycles. The average molecular weight is 153 g/mol. The highest BCUT2D eigenvalue weighted by Crippen LogP contribution is 2.21. The predicted octanol–water partition coefficient (Wildman–Crippen LogP) is 3.84. The molecule has 0 heteroatoms. The molecule has 0 aliphatic carbocycles. The van der Waals surface area contributed by atoms with Gasteiger partial charge in [0.25, 0.3) is 0 Å². The first kappa shape index (κ1) is 10.7. The van der Waals surface area contributed by atoms with Crippen LogP contribution in [0.2, 0.25) is 0 Å². The van der Waals surface area contributed by atoms with Gasteiger partial charge in [0.15, 0.2) is 0 Å². The second-order valence-electron chi connectivity index (χ2n) is 5.14. The van der Waals surface area contributed by atoms with Crippen LogP contribution in [0.25, 0.3) is 0 Å². The number of allylic oxidation sites excluding steroid dienone is 2. The summed E-state index contributed by atoms with van der Waals surface area (Å²) in [5.41, 5.74) is 0.493. The van der Waals surface area contributed by atoms with Gasteiger partial charge in [0.2, 0.25) is 0 Å². The molecule has 0 bridgehead atoms. The number of rotatable bonds is 2. The van der Waals surface area contributed by atoms with Crippen molar-refractivity contribution in [2.75, 3.05) is 0 Å². The summed E-state index contributed by atoms with van der Waals surface area (Å²) in [6.07, 6.45) is 5.54. The quantitative estimate of drug-likeness (QED) is 0.529. The monoisotopic (exact) mass is 153 g/mol. The first-order chi connectivity index (χ1) is 4.71. The average Bonchev–Trinajstić information content (AvgIpc) is 1.55. The molecule has 11 heavy (non-hydrogen) atoms. The first-order valence-corrected chi connectivity index (χ1v) is 4.24. The van der Waals surface area contributed by atoms with Crippen molar-refractivity contribution in [1.29, 1.82) is 0 Å². The Morgan fingerprint density at radius 3 is 1.82 bits per heavy atom. The SMILES string of the molecule is [CH2]C(C)(C)C/C=C/C(C)(C)C. The Kier molecular flexibility index (Phi) is 3.34. The molecule has 65 valence electrons. The highest BCUT2D eigenvalue weighted by atomic mass is 14.1. The van der Waals surface area contributed by atoms with Gasteiger partial charge in [-0.3, -0.25) is 0 Å². The van der Waals surface area contributed by atoms with Crippen LogP contribution in [0.15, 0.2) is 12.2 Å². The lowest BCUT2D eigenvalue weighted by atomic mass is 9.89. The van der Waals surface area contributed by atoms with Gasteiger partial charge in [-0.05, 0) is 24.2 Å². The minimum atomic E-state index is 0.182. The normalized spacial score (nSPS) is 14.4. The van der Waals surface area contributed by atoms with Crippen LogP contribution in [-0.2, 0) is 0 Å². The van der Waals surface area contributed by atoms with E-state index in [-0.39, 0.29) is 5.41 Å². The Morgan fingerprint density at radius 1 is 1.09 bits per heavy atom. The zero-order chi connectivity index (χ0) is 9.12. The third kappa shape index (κ3) is 9.74. The summed E-state index contributed by atoms with van der Waals surface area (Å²) in [7, 11) is 0. The first-order valence-electron chi connectivity index (χ1n) is 4.24. The molecular formula is C11H21. The lowest BCUT2D eigenvalue weighted by Crippen LogP contribution is -2.04. The molecular weight excluding hydrogens is 132 g/mol. The third-order valence-corrected chi connectivity index (χ3v) is 1.29. The van der Waals surface area contributed by atoms with Gasteiger partial charge in [-0.2, -0.15) is 0 Å². The predicted molar refractivity (Wildman–Crippen MR) is 52.4 cm³/mol. The molecule has 0 fully saturated rings. The van der Waals surface area contributed by atoms with Crippen LogP contribution in [0.4, 0.5) is 0 Å². The Balaban J connectivity index is 3.80. The Bertz CT molecular complexity index is 127. The maximum absolute atomic E-state index is 4.04. The van der Waals surface area contributed by atoms with E-state index in [1.807, 2.05) is 0 Å². The summed E-state index contributed by atoms with van der Waals surface area (Å²) in [4.78, 5) is 0. The lowest BCUT2D eigenvalue weighted by Gasteiger charge is -2.16. The van der Waals surface area contributed by atoms with Gasteiger partial charge in [0.05, 0.1) is 0 Å². The minimum absolute atomic E-state index is 0.182. The standard InChI is InChI=1S/C11H21/c1-10(2,3)8-7-9-11(4,5)6/h7,9H,1,8H2,2-6H3/b9-7+. The summed E-state index contributed by atoms with van der Waals surface area (Å²) < 4.78 is 0. The van der Waals surface area contributed by atoms with E-state index in [0.29, 0.717) is 5.41 Å². The minimum Gasteiger partial charge on any atom is -0.0875 e. The molecule has 0 aliphatic heterocycles. The highest BCUT2D eigenvalue weighted by Gasteiger charge is 2.08. The Hall–Kier alpha value is -0.260. The lowest BCUT2D eigenvalue weighted by molar-refractivity contribution is 0.475. The molecule has 0 rings (SSSR count). The van der Waals surface area contributed by atoms with Crippen LogP contribution in [0.1, 0.15) is 41.0 Å². The topological polar surface area (TPSA) is 0 Å². The summed E-state index contributed by atoms with van der Waals surface area (Å²) in [5.74, 6) is 0. The van der Waals surface area contributed by atoms with Crippen molar-refractivity contribution in [3.8, 4) is 0 Å². The van der Waals surface area contributed by atoms with E-state index >= 15 is 0 Å². The fourth-order valence-corrected chi connectivity index (χ4v) is 0.732. The van der Waals surface area contributed by atoms with Gasteiger partial charge in [0.1, 0.15) is 0 Å². The van der Waals surface area contributed by atoms with E-state index in [1.54, 1.807) is 0 Å². The van der Waals surface area contributed by atoms with E-state index in [2.05, 4.69) is 53.7 Å².